The van der Waals surface area contributed by atoms with Crippen molar-refractivity contribution in [2.45, 2.75) is 69.2 Å². The van der Waals surface area contributed by atoms with Crippen LogP contribution in [0.4, 0.5) is 0 Å². The van der Waals surface area contributed by atoms with Crippen molar-refractivity contribution >= 4 is 16.7 Å². The molecule has 1 heterocycles. The van der Waals surface area contributed by atoms with Gasteiger partial charge >= 0.3 is 0 Å². The van der Waals surface area contributed by atoms with Gasteiger partial charge in [-0.15, -0.1) is 0 Å². The van der Waals surface area contributed by atoms with Crippen molar-refractivity contribution in [3.05, 3.63) is 0 Å². The van der Waals surface area contributed by atoms with Crippen molar-refractivity contribution in [2.75, 3.05) is 12.3 Å². The topological polar surface area (TPSA) is 58.2 Å². The normalized spacial score (nSPS) is 33.0. The van der Waals surface area contributed by atoms with Gasteiger partial charge in [0.05, 0.1) is 0 Å². The van der Waals surface area contributed by atoms with Crippen LogP contribution in [0.25, 0.3) is 0 Å². The number of carbonyl (C=O) groups is 1. The van der Waals surface area contributed by atoms with E-state index in [1.165, 1.54) is 6.42 Å². The summed E-state index contributed by atoms with van der Waals surface area (Å²) in [6.07, 6.45) is 6.96. The lowest BCUT2D eigenvalue weighted by molar-refractivity contribution is -0.122. The van der Waals surface area contributed by atoms with Gasteiger partial charge in [-0.1, -0.05) is 13.3 Å². The van der Waals surface area contributed by atoms with Gasteiger partial charge in [0.15, 0.2) is 0 Å². The minimum Gasteiger partial charge on any atom is -0.353 e. The average molecular weight is 286 g/mol. The summed E-state index contributed by atoms with van der Waals surface area (Å²) in [5, 5.41) is 6.78. The first-order chi connectivity index (χ1) is 9.19. The lowest BCUT2D eigenvalue weighted by atomic mass is 9.94. The summed E-state index contributed by atoms with van der Waals surface area (Å²) in [4.78, 5) is 12.0. The molecule has 19 heavy (non-hydrogen) atoms. The van der Waals surface area contributed by atoms with Crippen LogP contribution < -0.4 is 10.6 Å². The predicted molar refractivity (Wildman–Crippen MR) is 78.5 cm³/mol. The first-order valence-corrected chi connectivity index (χ1v) is 8.97. The molecule has 4 nitrogen and oxygen atoms in total. The second-order valence-corrected chi connectivity index (χ2v) is 7.73. The van der Waals surface area contributed by atoms with Crippen LogP contribution in [0.2, 0.25) is 0 Å². The molecule has 1 aliphatic carbocycles. The molecule has 2 aliphatic rings. The summed E-state index contributed by atoms with van der Waals surface area (Å²) in [6.45, 7) is 3.02. The zero-order valence-corrected chi connectivity index (χ0v) is 12.6. The van der Waals surface area contributed by atoms with Crippen LogP contribution in [0.3, 0.4) is 0 Å². The van der Waals surface area contributed by atoms with Gasteiger partial charge in [0.2, 0.25) is 5.91 Å². The summed E-state index contributed by atoms with van der Waals surface area (Å²) in [7, 11) is -0.717. The fourth-order valence-electron chi connectivity index (χ4n) is 3.19. The quantitative estimate of drug-likeness (QED) is 0.801. The first-order valence-electron chi connectivity index (χ1n) is 7.59. The predicted octanol–water partition coefficient (Wildman–Crippen LogP) is 1.32. The molecule has 2 rings (SSSR count). The Bertz CT molecular complexity index is 329. The Morgan fingerprint density at radius 1 is 1.32 bits per heavy atom. The maximum absolute atomic E-state index is 12.0. The maximum Gasteiger partial charge on any atom is 0.221 e. The summed E-state index contributed by atoms with van der Waals surface area (Å²) < 4.78 is 11.9. The van der Waals surface area contributed by atoms with Crippen LogP contribution in [-0.2, 0) is 15.6 Å². The number of hydrogen-bond acceptors (Lipinski definition) is 3. The van der Waals surface area contributed by atoms with Crippen molar-refractivity contribution in [1.82, 2.24) is 10.6 Å². The summed E-state index contributed by atoms with van der Waals surface area (Å²) in [5.74, 6) is 0.893. The fourth-order valence-corrected chi connectivity index (χ4v) is 4.54. The van der Waals surface area contributed by atoms with Crippen molar-refractivity contribution in [3.8, 4) is 0 Å². The highest BCUT2D eigenvalue weighted by Crippen LogP contribution is 2.23. The molecule has 2 N–H and O–H groups in total. The van der Waals surface area contributed by atoms with E-state index >= 15 is 0 Å². The number of carbonyl (C=O) groups excluding carboxylic acids is 1. The number of amides is 1. The van der Waals surface area contributed by atoms with E-state index in [0.29, 0.717) is 12.5 Å². The van der Waals surface area contributed by atoms with E-state index in [0.717, 1.165) is 44.4 Å². The summed E-state index contributed by atoms with van der Waals surface area (Å²) in [6, 6.07) is 0.604. The molecule has 110 valence electrons. The van der Waals surface area contributed by atoms with Crippen LogP contribution in [0.15, 0.2) is 0 Å². The van der Waals surface area contributed by atoms with Gasteiger partial charge in [0.1, 0.15) is 0 Å². The third-order valence-corrected chi connectivity index (χ3v) is 5.98. The third-order valence-electron chi connectivity index (χ3n) is 4.24. The molecule has 0 aromatic rings. The molecule has 1 saturated carbocycles. The summed E-state index contributed by atoms with van der Waals surface area (Å²) >= 11 is 0. The van der Waals surface area contributed by atoms with E-state index in [9.17, 15) is 9.00 Å². The molecule has 0 spiro atoms. The lowest BCUT2D eigenvalue weighted by Gasteiger charge is -2.29. The molecule has 1 saturated heterocycles. The Hall–Kier alpha value is -0.420. The van der Waals surface area contributed by atoms with Crippen LogP contribution in [0, 0.1) is 0 Å². The Morgan fingerprint density at radius 3 is 2.84 bits per heavy atom. The van der Waals surface area contributed by atoms with Gasteiger partial charge in [-0.3, -0.25) is 9.00 Å². The van der Waals surface area contributed by atoms with E-state index in [2.05, 4.69) is 10.6 Å². The molecular formula is C14H26N2O2S. The fraction of sp³-hybridized carbons (Fsp3) is 0.929. The van der Waals surface area contributed by atoms with E-state index in [1.54, 1.807) is 0 Å². The van der Waals surface area contributed by atoms with Crippen LogP contribution in [0.1, 0.15) is 51.9 Å². The Balaban J connectivity index is 1.74. The molecule has 1 aliphatic heterocycles. The van der Waals surface area contributed by atoms with Crippen LogP contribution in [0.5, 0.6) is 0 Å². The number of rotatable bonds is 5. The van der Waals surface area contributed by atoms with E-state index in [-0.39, 0.29) is 17.2 Å². The summed E-state index contributed by atoms with van der Waals surface area (Å²) in [5.41, 5.74) is 0. The van der Waals surface area contributed by atoms with Crippen LogP contribution in [-0.4, -0.2) is 39.7 Å². The van der Waals surface area contributed by atoms with Crippen molar-refractivity contribution in [1.29, 1.82) is 0 Å². The number of hydrogen-bond donors (Lipinski definition) is 2. The highest BCUT2D eigenvalue weighted by molar-refractivity contribution is 7.85. The van der Waals surface area contributed by atoms with E-state index in [4.69, 9.17) is 0 Å². The zero-order chi connectivity index (χ0) is 13.7. The molecule has 2 fully saturated rings. The Morgan fingerprint density at radius 2 is 2.16 bits per heavy atom. The third kappa shape index (κ3) is 4.56. The second kappa shape index (κ2) is 7.39. The number of nitrogens with one attached hydrogen (secondary N) is 2. The lowest BCUT2D eigenvalue weighted by Crippen LogP contribution is -2.42. The van der Waals surface area contributed by atoms with Gasteiger partial charge < -0.3 is 10.6 Å². The minimum absolute atomic E-state index is 0.160. The van der Waals surface area contributed by atoms with Crippen molar-refractivity contribution < 1.29 is 9.00 Å². The van der Waals surface area contributed by atoms with E-state index in [1.807, 2.05) is 6.92 Å². The van der Waals surface area contributed by atoms with Crippen molar-refractivity contribution in [3.63, 3.8) is 0 Å². The second-order valence-electron chi connectivity index (χ2n) is 5.72. The molecule has 0 aromatic carbocycles. The Kier molecular flexibility index (Phi) is 5.82. The highest BCUT2D eigenvalue weighted by atomic mass is 32.2. The molecule has 1 amide bonds. The smallest absolute Gasteiger partial charge is 0.221 e. The van der Waals surface area contributed by atoms with Gasteiger partial charge in [0.25, 0.3) is 0 Å². The molecule has 0 aromatic heterocycles. The van der Waals surface area contributed by atoms with Crippen molar-refractivity contribution in [2.24, 2.45) is 0 Å². The monoisotopic (exact) mass is 286 g/mol. The zero-order valence-electron chi connectivity index (χ0n) is 11.8. The molecule has 4 unspecified atom stereocenters. The molecular weight excluding hydrogens is 260 g/mol. The van der Waals surface area contributed by atoms with Gasteiger partial charge in [-0.05, 0) is 38.6 Å². The molecule has 4 atom stereocenters. The average Bonchev–Trinajstić information content (AvgIpc) is 2.90. The maximum atomic E-state index is 12.0. The first kappa shape index (κ1) is 15.0. The highest BCUT2D eigenvalue weighted by Gasteiger charge is 2.27. The molecule has 5 heteroatoms. The Labute approximate surface area is 118 Å². The largest absolute Gasteiger partial charge is 0.353 e. The SMILES string of the molecule is CCS(=O)C1CCCC(NC(=O)CC2CCCN2)C1. The van der Waals surface area contributed by atoms with Gasteiger partial charge in [-0.25, -0.2) is 0 Å². The van der Waals surface area contributed by atoms with Gasteiger partial charge in [0, 0.05) is 40.3 Å². The standard InChI is InChI=1S/C14H26N2O2S/c1-2-19(18)13-7-3-5-12(9-13)16-14(17)10-11-6-4-8-15-11/h11-13,15H,2-10H2,1H3,(H,16,17). The van der Waals surface area contributed by atoms with Crippen LogP contribution >= 0.6 is 0 Å². The minimum atomic E-state index is -0.717. The van der Waals surface area contributed by atoms with E-state index < -0.39 is 10.8 Å². The molecule has 0 bridgehead atoms. The van der Waals surface area contributed by atoms with Gasteiger partial charge in [-0.2, -0.15) is 0 Å². The molecule has 0 radical (unpaired) electrons.